The fourth-order valence-corrected chi connectivity index (χ4v) is 5.93. The third kappa shape index (κ3) is 4.27. The molecule has 0 atom stereocenters. The van der Waals surface area contributed by atoms with Crippen LogP contribution in [0.15, 0.2) is 60.7 Å². The molecule has 2 saturated heterocycles. The van der Waals surface area contributed by atoms with Crippen molar-refractivity contribution in [3.8, 4) is 0 Å². The molecule has 1 saturated carbocycles. The Kier molecular flexibility index (Phi) is 6.50. The molecule has 3 fully saturated rings. The van der Waals surface area contributed by atoms with Crippen LogP contribution < -0.4 is 0 Å². The van der Waals surface area contributed by atoms with Gasteiger partial charge < -0.3 is 4.90 Å². The smallest absolute Gasteiger partial charge is 0.255 e. The third-order valence-electron chi connectivity index (χ3n) is 7.83. The van der Waals surface area contributed by atoms with Crippen LogP contribution in [0.5, 0.6) is 0 Å². The van der Waals surface area contributed by atoms with Crippen LogP contribution in [0.2, 0.25) is 0 Å². The predicted molar refractivity (Wildman–Crippen MR) is 130 cm³/mol. The standard InChI is InChI=1S/C28H33N3O3/c32-25-21-30(26(33)23-12-6-2-7-13-23)28(27(34)31(25)24-14-8-3-9-15-24)16-18-29(19-17-28)20-22-10-4-1-5-11-22/h1-2,4-7,10-13,24H,3,8-9,14-21H2. The number of nitrogens with zero attached hydrogens (tertiary/aromatic N) is 3. The molecule has 0 radical (unpaired) electrons. The number of hydrogen-bond donors (Lipinski definition) is 0. The molecular formula is C28H33N3O3. The lowest BCUT2D eigenvalue weighted by molar-refractivity contribution is -0.167. The molecule has 2 aromatic rings. The Hall–Kier alpha value is -2.99. The summed E-state index contributed by atoms with van der Waals surface area (Å²) in [5, 5.41) is 0. The average molecular weight is 460 g/mol. The van der Waals surface area contributed by atoms with Crippen molar-refractivity contribution in [1.82, 2.24) is 14.7 Å². The molecule has 34 heavy (non-hydrogen) atoms. The molecule has 0 N–H and O–H groups in total. The largest absolute Gasteiger partial charge is 0.314 e. The first kappa shape index (κ1) is 22.8. The first-order chi connectivity index (χ1) is 16.6. The Morgan fingerprint density at radius 3 is 2.12 bits per heavy atom. The van der Waals surface area contributed by atoms with Gasteiger partial charge in [-0.25, -0.2) is 0 Å². The van der Waals surface area contributed by atoms with Gasteiger partial charge in [-0.3, -0.25) is 24.2 Å². The lowest BCUT2D eigenvalue weighted by Crippen LogP contribution is -2.72. The molecule has 2 aliphatic heterocycles. The van der Waals surface area contributed by atoms with Gasteiger partial charge in [0.1, 0.15) is 12.1 Å². The van der Waals surface area contributed by atoms with E-state index in [0.29, 0.717) is 31.5 Å². The number of carbonyl (C=O) groups excluding carboxylic acids is 3. The van der Waals surface area contributed by atoms with Crippen molar-refractivity contribution >= 4 is 17.7 Å². The highest BCUT2D eigenvalue weighted by molar-refractivity contribution is 6.09. The van der Waals surface area contributed by atoms with Gasteiger partial charge in [-0.05, 0) is 43.4 Å². The van der Waals surface area contributed by atoms with E-state index >= 15 is 0 Å². The van der Waals surface area contributed by atoms with Crippen LogP contribution in [0, 0.1) is 0 Å². The summed E-state index contributed by atoms with van der Waals surface area (Å²) in [5.41, 5.74) is 0.816. The Labute approximate surface area is 201 Å². The SMILES string of the molecule is O=C1CN(C(=O)c2ccccc2)C2(CCN(Cc3ccccc3)CC2)C(=O)N1C1CCCCC1. The summed E-state index contributed by atoms with van der Waals surface area (Å²) in [4.78, 5) is 46.5. The van der Waals surface area contributed by atoms with Crippen molar-refractivity contribution in [2.24, 2.45) is 0 Å². The molecule has 6 heteroatoms. The van der Waals surface area contributed by atoms with Gasteiger partial charge in [0.2, 0.25) is 5.91 Å². The number of piperidine rings is 1. The second kappa shape index (κ2) is 9.71. The zero-order valence-electron chi connectivity index (χ0n) is 19.7. The monoisotopic (exact) mass is 459 g/mol. The molecule has 1 spiro atoms. The van der Waals surface area contributed by atoms with E-state index in [2.05, 4.69) is 17.0 Å². The second-order valence-electron chi connectivity index (χ2n) is 9.91. The fraction of sp³-hybridized carbons (Fsp3) is 0.464. The number of likely N-dealkylation sites (tertiary alicyclic amines) is 1. The van der Waals surface area contributed by atoms with Crippen LogP contribution in [0.25, 0.3) is 0 Å². The van der Waals surface area contributed by atoms with Crippen molar-refractivity contribution in [2.45, 2.75) is 63.1 Å². The lowest BCUT2D eigenvalue weighted by atomic mass is 9.80. The van der Waals surface area contributed by atoms with Crippen LogP contribution in [0.4, 0.5) is 0 Å². The Bertz CT molecular complexity index is 1030. The maximum absolute atomic E-state index is 14.1. The molecule has 2 aromatic carbocycles. The highest BCUT2D eigenvalue weighted by Crippen LogP contribution is 2.38. The zero-order chi connectivity index (χ0) is 23.5. The highest BCUT2D eigenvalue weighted by atomic mass is 16.2. The molecule has 0 aromatic heterocycles. The van der Waals surface area contributed by atoms with Crippen molar-refractivity contribution in [3.63, 3.8) is 0 Å². The van der Waals surface area contributed by atoms with Crippen LogP contribution >= 0.6 is 0 Å². The summed E-state index contributed by atoms with van der Waals surface area (Å²) in [6, 6.07) is 19.3. The van der Waals surface area contributed by atoms with Crippen molar-refractivity contribution in [2.75, 3.05) is 19.6 Å². The third-order valence-corrected chi connectivity index (χ3v) is 7.83. The first-order valence-electron chi connectivity index (χ1n) is 12.6. The number of benzene rings is 2. The summed E-state index contributed by atoms with van der Waals surface area (Å²) in [5.74, 6) is -0.597. The highest BCUT2D eigenvalue weighted by Gasteiger charge is 2.56. The van der Waals surface area contributed by atoms with Gasteiger partial charge in [0, 0.05) is 31.2 Å². The van der Waals surface area contributed by atoms with E-state index in [1.165, 1.54) is 5.56 Å². The van der Waals surface area contributed by atoms with E-state index in [1.807, 2.05) is 36.4 Å². The first-order valence-corrected chi connectivity index (χ1v) is 12.6. The zero-order valence-corrected chi connectivity index (χ0v) is 19.7. The molecule has 1 aliphatic carbocycles. The summed E-state index contributed by atoms with van der Waals surface area (Å²) >= 11 is 0. The van der Waals surface area contributed by atoms with Crippen molar-refractivity contribution < 1.29 is 14.4 Å². The number of carbonyl (C=O) groups is 3. The Balaban J connectivity index is 1.42. The minimum atomic E-state index is -0.953. The van der Waals surface area contributed by atoms with Crippen LogP contribution in [0.1, 0.15) is 60.9 Å². The predicted octanol–water partition coefficient (Wildman–Crippen LogP) is 3.87. The van der Waals surface area contributed by atoms with E-state index in [0.717, 1.165) is 38.6 Å². The van der Waals surface area contributed by atoms with Gasteiger partial charge in [0.05, 0.1) is 0 Å². The van der Waals surface area contributed by atoms with E-state index in [4.69, 9.17) is 0 Å². The molecule has 3 amide bonds. The van der Waals surface area contributed by atoms with E-state index in [1.54, 1.807) is 21.9 Å². The van der Waals surface area contributed by atoms with Gasteiger partial charge in [-0.15, -0.1) is 0 Å². The number of rotatable bonds is 4. The summed E-state index contributed by atoms with van der Waals surface area (Å²) in [6.07, 6.45) is 6.10. The van der Waals surface area contributed by atoms with Crippen LogP contribution in [0.3, 0.4) is 0 Å². The summed E-state index contributed by atoms with van der Waals surface area (Å²) < 4.78 is 0. The van der Waals surface area contributed by atoms with Crippen LogP contribution in [-0.4, -0.2) is 63.6 Å². The van der Waals surface area contributed by atoms with Gasteiger partial charge >= 0.3 is 0 Å². The molecule has 6 nitrogen and oxygen atoms in total. The van der Waals surface area contributed by atoms with Crippen molar-refractivity contribution in [3.05, 3.63) is 71.8 Å². The van der Waals surface area contributed by atoms with Gasteiger partial charge in [0.25, 0.3) is 11.8 Å². The second-order valence-corrected chi connectivity index (χ2v) is 9.91. The minimum absolute atomic E-state index is 0.0192. The summed E-state index contributed by atoms with van der Waals surface area (Å²) in [6.45, 7) is 2.23. The van der Waals surface area contributed by atoms with Gasteiger partial charge in [-0.2, -0.15) is 0 Å². The summed E-state index contributed by atoms with van der Waals surface area (Å²) in [7, 11) is 0. The quantitative estimate of drug-likeness (QED) is 0.652. The number of hydrogen-bond acceptors (Lipinski definition) is 4. The topological polar surface area (TPSA) is 60.9 Å². The van der Waals surface area contributed by atoms with Gasteiger partial charge in [-0.1, -0.05) is 67.8 Å². The normalized spacial score (nSPS) is 21.8. The minimum Gasteiger partial charge on any atom is -0.314 e. The molecular weight excluding hydrogens is 426 g/mol. The molecule has 178 valence electrons. The molecule has 0 unspecified atom stereocenters. The molecule has 0 bridgehead atoms. The Morgan fingerprint density at radius 1 is 0.853 bits per heavy atom. The van der Waals surface area contributed by atoms with E-state index in [-0.39, 0.29) is 30.3 Å². The number of imide groups is 1. The Morgan fingerprint density at radius 2 is 1.47 bits per heavy atom. The molecule has 5 rings (SSSR count). The molecule has 3 aliphatic rings. The fourth-order valence-electron chi connectivity index (χ4n) is 5.93. The molecule has 2 heterocycles. The van der Waals surface area contributed by atoms with Crippen LogP contribution in [-0.2, 0) is 16.1 Å². The van der Waals surface area contributed by atoms with Gasteiger partial charge in [0.15, 0.2) is 0 Å². The maximum atomic E-state index is 14.1. The maximum Gasteiger partial charge on any atom is 0.255 e. The number of amides is 3. The van der Waals surface area contributed by atoms with E-state index in [9.17, 15) is 14.4 Å². The lowest BCUT2D eigenvalue weighted by Gasteiger charge is -2.53. The van der Waals surface area contributed by atoms with E-state index < -0.39 is 5.54 Å². The number of piperazine rings is 1. The average Bonchev–Trinajstić information content (AvgIpc) is 2.89. The van der Waals surface area contributed by atoms with Crippen molar-refractivity contribution in [1.29, 1.82) is 0 Å².